The number of piperidine rings is 1. The lowest BCUT2D eigenvalue weighted by Gasteiger charge is -2.29. The highest BCUT2D eigenvalue weighted by Crippen LogP contribution is 2.35. The van der Waals surface area contributed by atoms with Crippen molar-refractivity contribution in [3.63, 3.8) is 0 Å². The van der Waals surface area contributed by atoms with E-state index in [0.717, 1.165) is 48.2 Å². The molecule has 6 rings (SSSR count). The number of alkyl halides is 2. The molecule has 4 aromatic rings. The van der Waals surface area contributed by atoms with Gasteiger partial charge < -0.3 is 29.7 Å². The second-order valence-electron chi connectivity index (χ2n) is 13.1. The molecule has 2 aromatic carbocycles. The quantitative estimate of drug-likeness (QED) is 0.0637. The lowest BCUT2D eigenvalue weighted by atomic mass is 10.0. The summed E-state index contributed by atoms with van der Waals surface area (Å²) in [5.74, 6) is -0.937. The van der Waals surface area contributed by atoms with Gasteiger partial charge in [-0.15, -0.1) is 11.3 Å². The first-order chi connectivity index (χ1) is 27.1. The highest BCUT2D eigenvalue weighted by atomic mass is 35.5. The van der Waals surface area contributed by atoms with Crippen molar-refractivity contribution in [1.29, 1.82) is 0 Å². The lowest BCUT2D eigenvalue weighted by molar-refractivity contribution is -0.136. The number of benzene rings is 2. The number of thiophene rings is 1. The van der Waals surface area contributed by atoms with E-state index < -0.39 is 24.5 Å². The molecule has 1 unspecified atom stereocenters. The van der Waals surface area contributed by atoms with Gasteiger partial charge in [-0.3, -0.25) is 29.5 Å². The van der Waals surface area contributed by atoms with Gasteiger partial charge in [-0.1, -0.05) is 54.6 Å². The Hall–Kier alpha value is -4.83. The van der Waals surface area contributed by atoms with E-state index >= 15 is 0 Å². The number of ether oxygens (including phenoxy) is 3. The second-order valence-corrected chi connectivity index (χ2v) is 14.9. The highest BCUT2D eigenvalue weighted by molar-refractivity contribution is 7.10. The zero-order valence-corrected chi connectivity index (χ0v) is 32.4. The van der Waals surface area contributed by atoms with Gasteiger partial charge in [0.25, 0.3) is 11.8 Å². The van der Waals surface area contributed by atoms with Crippen LogP contribution in [0.15, 0.2) is 60.2 Å². The van der Waals surface area contributed by atoms with E-state index in [4.69, 9.17) is 32.7 Å². The molecule has 17 heteroatoms. The Morgan fingerprint density at radius 2 is 1.73 bits per heavy atom. The molecule has 2 aliphatic rings. The molecule has 56 heavy (non-hydrogen) atoms. The third kappa shape index (κ3) is 10.5. The minimum atomic E-state index is -3.06. The molecular formula is C39H39Cl2F2N5O7S. The van der Waals surface area contributed by atoms with E-state index in [1.165, 1.54) is 41.9 Å². The predicted octanol–water partition coefficient (Wildman–Crippen LogP) is 7.76. The Balaban J connectivity index is 0.857. The van der Waals surface area contributed by atoms with E-state index in [2.05, 4.69) is 25.7 Å². The molecule has 3 N–H and O–H groups in total. The van der Waals surface area contributed by atoms with Crippen molar-refractivity contribution in [3.05, 3.63) is 97.4 Å². The maximum absolute atomic E-state index is 13.0. The third-order valence-electron chi connectivity index (χ3n) is 9.28. The molecule has 1 saturated heterocycles. The number of halogens is 4. The predicted molar refractivity (Wildman–Crippen MR) is 207 cm³/mol. The number of amides is 4. The van der Waals surface area contributed by atoms with E-state index in [1.54, 1.807) is 4.90 Å². The van der Waals surface area contributed by atoms with Crippen LogP contribution < -0.4 is 30.2 Å². The molecular weight excluding hydrogens is 791 g/mol. The Labute approximate surface area is 335 Å². The summed E-state index contributed by atoms with van der Waals surface area (Å²) >= 11 is 13.6. The summed E-state index contributed by atoms with van der Waals surface area (Å²) in [6.45, 7) is -0.637. The number of pyridine rings is 1. The van der Waals surface area contributed by atoms with Gasteiger partial charge in [0.2, 0.25) is 11.8 Å². The maximum Gasteiger partial charge on any atom is 0.387 e. The SMILES string of the molecule is O=C1CCC(N2Cc3c(csc3COc3ccc(CNCCCCCCCOc4cc(C(=O)Nc5c(Cl)cncc5Cl)ccc4OC(F)F)cc3)C2=O)C(=O)N1. The molecule has 0 radical (unpaired) electrons. The Bertz CT molecular complexity index is 2030. The molecule has 296 valence electrons. The minimum Gasteiger partial charge on any atom is -0.490 e. The third-order valence-corrected chi connectivity index (χ3v) is 10.9. The van der Waals surface area contributed by atoms with Crippen LogP contribution >= 0.6 is 34.5 Å². The van der Waals surface area contributed by atoms with E-state index in [-0.39, 0.29) is 57.6 Å². The zero-order valence-electron chi connectivity index (χ0n) is 30.1. The number of aromatic nitrogens is 1. The summed E-state index contributed by atoms with van der Waals surface area (Å²) in [4.78, 5) is 56.0. The number of nitrogens with one attached hydrogen (secondary N) is 3. The van der Waals surface area contributed by atoms with E-state index in [1.807, 2.05) is 29.6 Å². The summed E-state index contributed by atoms with van der Waals surface area (Å²) in [6.07, 6.45) is 7.70. The van der Waals surface area contributed by atoms with Crippen LogP contribution in [0.25, 0.3) is 0 Å². The summed E-state index contributed by atoms with van der Waals surface area (Å²) < 4.78 is 42.4. The topological polar surface area (TPSA) is 148 Å². The van der Waals surface area contributed by atoms with Gasteiger partial charge in [-0.05, 0) is 61.7 Å². The minimum absolute atomic E-state index is 0.0251. The molecule has 4 amide bonds. The van der Waals surface area contributed by atoms with Gasteiger partial charge in [-0.2, -0.15) is 8.78 Å². The van der Waals surface area contributed by atoms with Crippen LogP contribution in [-0.4, -0.2) is 59.3 Å². The van der Waals surface area contributed by atoms with Crippen molar-refractivity contribution in [2.75, 3.05) is 18.5 Å². The Kier molecular flexibility index (Phi) is 14.1. The first-order valence-corrected chi connectivity index (χ1v) is 19.7. The van der Waals surface area contributed by atoms with Crippen molar-refractivity contribution < 1.29 is 42.2 Å². The Morgan fingerprint density at radius 3 is 2.48 bits per heavy atom. The number of nitrogens with zero attached hydrogens (tertiary/aromatic N) is 2. The molecule has 0 spiro atoms. The van der Waals surface area contributed by atoms with Gasteiger partial charge in [0.15, 0.2) is 11.5 Å². The second kappa shape index (κ2) is 19.4. The van der Waals surface area contributed by atoms with Crippen molar-refractivity contribution >= 4 is 63.9 Å². The Morgan fingerprint density at radius 1 is 0.982 bits per heavy atom. The number of carbonyl (C=O) groups is 4. The van der Waals surface area contributed by atoms with Crippen LogP contribution in [0.4, 0.5) is 14.5 Å². The summed E-state index contributed by atoms with van der Waals surface area (Å²) in [5, 5.41) is 10.5. The fourth-order valence-electron chi connectivity index (χ4n) is 6.35. The molecule has 0 saturated carbocycles. The number of carbonyl (C=O) groups excluding carboxylic acids is 4. The van der Waals surface area contributed by atoms with Crippen LogP contribution in [0.1, 0.15) is 81.7 Å². The van der Waals surface area contributed by atoms with Crippen molar-refractivity contribution in [3.8, 4) is 17.2 Å². The van der Waals surface area contributed by atoms with Gasteiger partial charge in [0.05, 0.1) is 27.9 Å². The van der Waals surface area contributed by atoms with Crippen LogP contribution in [0.5, 0.6) is 17.2 Å². The number of imide groups is 1. The number of rotatable bonds is 19. The number of unbranched alkanes of at least 4 members (excludes halogenated alkanes) is 4. The standard InChI is InChI=1S/C39H39Cl2F2N5O7S/c40-28-18-45-19-29(41)35(28)47-36(50)24-8-12-31(55-39(42)43)32(16-24)53-15-5-3-1-2-4-14-44-17-23-6-9-25(10-7-23)54-21-33-26-20-48(38(52)27(26)22-56-33)30-11-13-34(49)46-37(30)51/h6-10,12,16,18-19,22,30,39,44H,1-5,11,13-15,17,20-21H2,(H,45,47,50)(H,46,49,51). The normalized spacial score (nSPS) is 15.2. The lowest BCUT2D eigenvalue weighted by Crippen LogP contribution is -2.52. The average Bonchev–Trinajstić information content (AvgIpc) is 3.72. The zero-order chi connectivity index (χ0) is 39.6. The van der Waals surface area contributed by atoms with E-state index in [9.17, 15) is 28.0 Å². The van der Waals surface area contributed by atoms with Gasteiger partial charge >= 0.3 is 6.61 Å². The first-order valence-electron chi connectivity index (χ1n) is 18.1. The fourth-order valence-corrected chi connectivity index (χ4v) is 7.75. The number of anilines is 1. The summed E-state index contributed by atoms with van der Waals surface area (Å²) in [5.41, 5.74) is 2.90. The summed E-state index contributed by atoms with van der Waals surface area (Å²) in [7, 11) is 0. The largest absolute Gasteiger partial charge is 0.490 e. The molecule has 0 aliphatic carbocycles. The fraction of sp³-hybridized carbons (Fsp3) is 0.359. The number of fused-ring (bicyclic) bond motifs is 1. The maximum atomic E-state index is 13.0. The molecule has 4 heterocycles. The molecule has 12 nitrogen and oxygen atoms in total. The monoisotopic (exact) mass is 829 g/mol. The van der Waals surface area contributed by atoms with Crippen LogP contribution in [0.3, 0.4) is 0 Å². The van der Waals surface area contributed by atoms with Crippen molar-refractivity contribution in [2.24, 2.45) is 0 Å². The van der Waals surface area contributed by atoms with Gasteiger partial charge in [-0.25, -0.2) is 0 Å². The molecule has 1 fully saturated rings. The molecule has 2 aromatic heterocycles. The molecule has 1 atom stereocenters. The van der Waals surface area contributed by atoms with Crippen LogP contribution in [-0.2, 0) is 29.3 Å². The van der Waals surface area contributed by atoms with E-state index in [0.29, 0.717) is 43.9 Å². The first kappa shape index (κ1) is 40.8. The van der Waals surface area contributed by atoms with Crippen molar-refractivity contribution in [2.45, 2.75) is 77.3 Å². The molecule has 0 bridgehead atoms. The highest BCUT2D eigenvalue weighted by Gasteiger charge is 2.40. The van der Waals surface area contributed by atoms with Crippen molar-refractivity contribution in [1.82, 2.24) is 20.5 Å². The average molecular weight is 831 g/mol. The number of hydrogen-bond donors (Lipinski definition) is 3. The summed E-state index contributed by atoms with van der Waals surface area (Å²) in [6, 6.07) is 11.1. The smallest absolute Gasteiger partial charge is 0.387 e. The van der Waals surface area contributed by atoms with Gasteiger partial charge in [0.1, 0.15) is 18.4 Å². The molecule has 2 aliphatic heterocycles. The van der Waals surface area contributed by atoms with Crippen LogP contribution in [0.2, 0.25) is 10.0 Å². The van der Waals surface area contributed by atoms with Gasteiger partial charge in [0, 0.05) is 53.3 Å². The van der Waals surface area contributed by atoms with Crippen LogP contribution in [0, 0.1) is 0 Å². The number of hydrogen-bond acceptors (Lipinski definition) is 10.